The van der Waals surface area contributed by atoms with Crippen LogP contribution in [0.15, 0.2) is 12.4 Å². The number of carbonyl (C=O) groups is 1. The van der Waals surface area contributed by atoms with Gasteiger partial charge in [-0.2, -0.15) is 0 Å². The van der Waals surface area contributed by atoms with Crippen LogP contribution in [0.5, 0.6) is 0 Å². The molecule has 0 atom stereocenters. The molecule has 1 amide bonds. The van der Waals surface area contributed by atoms with Crippen molar-refractivity contribution < 1.29 is 13.2 Å². The molecule has 0 saturated heterocycles. The predicted octanol–water partition coefficient (Wildman–Crippen LogP) is 0.463. The molecule has 0 aromatic carbocycles. The largest absolute Gasteiger partial charge is 0.369 e. The second kappa shape index (κ2) is 7.78. The van der Waals surface area contributed by atoms with E-state index in [0.717, 1.165) is 13.0 Å². The monoisotopic (exact) mass is 300 g/mol. The molecule has 20 heavy (non-hydrogen) atoms. The maximum absolute atomic E-state index is 11.8. The molecule has 0 aliphatic heterocycles. The first-order valence-electron chi connectivity index (χ1n) is 6.53. The Morgan fingerprint density at radius 1 is 1.25 bits per heavy atom. The fourth-order valence-corrected chi connectivity index (χ4v) is 2.07. The van der Waals surface area contributed by atoms with Gasteiger partial charge in [-0.1, -0.05) is 13.8 Å². The van der Waals surface area contributed by atoms with Crippen LogP contribution in [0.25, 0.3) is 0 Å². The Labute approximate surface area is 119 Å². The van der Waals surface area contributed by atoms with Crippen LogP contribution in [0, 0.1) is 0 Å². The van der Waals surface area contributed by atoms with E-state index in [1.165, 1.54) is 12.4 Å². The SMILES string of the molecule is CCCNc1cncc(C(=O)NCCS(=O)(=O)CC)n1. The maximum Gasteiger partial charge on any atom is 0.271 e. The van der Waals surface area contributed by atoms with E-state index < -0.39 is 15.7 Å². The lowest BCUT2D eigenvalue weighted by atomic mass is 10.4. The van der Waals surface area contributed by atoms with Crippen LogP contribution < -0.4 is 10.6 Å². The van der Waals surface area contributed by atoms with E-state index >= 15 is 0 Å². The fourth-order valence-electron chi connectivity index (χ4n) is 1.37. The van der Waals surface area contributed by atoms with Gasteiger partial charge in [-0.05, 0) is 6.42 Å². The number of aromatic nitrogens is 2. The number of carbonyl (C=O) groups excluding carboxylic acids is 1. The summed E-state index contributed by atoms with van der Waals surface area (Å²) in [5, 5.41) is 5.55. The average molecular weight is 300 g/mol. The number of nitrogens with zero attached hydrogens (tertiary/aromatic N) is 2. The maximum atomic E-state index is 11.8. The van der Waals surface area contributed by atoms with Crippen molar-refractivity contribution in [3.8, 4) is 0 Å². The van der Waals surface area contributed by atoms with Crippen LogP contribution in [0.1, 0.15) is 30.8 Å². The molecule has 0 aliphatic rings. The van der Waals surface area contributed by atoms with Crippen molar-refractivity contribution in [2.75, 3.05) is 29.9 Å². The van der Waals surface area contributed by atoms with E-state index in [0.29, 0.717) is 5.82 Å². The van der Waals surface area contributed by atoms with Crippen molar-refractivity contribution in [2.24, 2.45) is 0 Å². The molecule has 7 nitrogen and oxygen atoms in total. The van der Waals surface area contributed by atoms with Crippen molar-refractivity contribution in [2.45, 2.75) is 20.3 Å². The van der Waals surface area contributed by atoms with Gasteiger partial charge in [0.05, 0.1) is 18.1 Å². The van der Waals surface area contributed by atoms with Gasteiger partial charge in [0.25, 0.3) is 5.91 Å². The summed E-state index contributed by atoms with van der Waals surface area (Å²) < 4.78 is 22.6. The minimum atomic E-state index is -3.08. The van der Waals surface area contributed by atoms with Crippen LogP contribution in [-0.2, 0) is 9.84 Å². The fraction of sp³-hybridized carbons (Fsp3) is 0.583. The molecule has 0 radical (unpaired) electrons. The van der Waals surface area contributed by atoms with Crippen LogP contribution in [0.4, 0.5) is 5.82 Å². The van der Waals surface area contributed by atoms with Gasteiger partial charge in [0.2, 0.25) is 0 Å². The first-order valence-corrected chi connectivity index (χ1v) is 8.35. The van der Waals surface area contributed by atoms with Crippen molar-refractivity contribution in [1.29, 1.82) is 0 Å². The molecule has 8 heteroatoms. The number of rotatable bonds is 8. The van der Waals surface area contributed by atoms with E-state index in [9.17, 15) is 13.2 Å². The second-order valence-electron chi connectivity index (χ2n) is 4.21. The Kier molecular flexibility index (Phi) is 6.37. The number of sulfone groups is 1. The highest BCUT2D eigenvalue weighted by atomic mass is 32.2. The molecule has 0 spiro atoms. The molecule has 0 fully saturated rings. The molecule has 0 unspecified atom stereocenters. The van der Waals surface area contributed by atoms with E-state index in [-0.39, 0.29) is 23.7 Å². The molecule has 1 aromatic heterocycles. The molecule has 1 aromatic rings. The lowest BCUT2D eigenvalue weighted by Crippen LogP contribution is -2.30. The van der Waals surface area contributed by atoms with Gasteiger partial charge in [-0.15, -0.1) is 0 Å². The summed E-state index contributed by atoms with van der Waals surface area (Å²) in [7, 11) is -3.08. The highest BCUT2D eigenvalue weighted by Gasteiger charge is 2.11. The highest BCUT2D eigenvalue weighted by molar-refractivity contribution is 7.91. The van der Waals surface area contributed by atoms with Crippen molar-refractivity contribution in [3.05, 3.63) is 18.1 Å². The van der Waals surface area contributed by atoms with Crippen molar-refractivity contribution in [1.82, 2.24) is 15.3 Å². The lowest BCUT2D eigenvalue weighted by Gasteiger charge is -2.07. The zero-order valence-corrected chi connectivity index (χ0v) is 12.5. The third-order valence-corrected chi connectivity index (χ3v) is 4.27. The number of hydrogen-bond donors (Lipinski definition) is 2. The number of hydrogen-bond acceptors (Lipinski definition) is 6. The number of amides is 1. The van der Waals surface area contributed by atoms with E-state index in [2.05, 4.69) is 20.6 Å². The van der Waals surface area contributed by atoms with Gasteiger partial charge < -0.3 is 10.6 Å². The quantitative estimate of drug-likeness (QED) is 0.723. The zero-order chi connectivity index (χ0) is 15.0. The molecular weight excluding hydrogens is 280 g/mol. The Morgan fingerprint density at radius 3 is 2.65 bits per heavy atom. The Bertz CT molecular complexity index is 545. The third-order valence-electron chi connectivity index (χ3n) is 2.56. The first-order chi connectivity index (χ1) is 9.48. The van der Waals surface area contributed by atoms with Gasteiger partial charge in [-0.3, -0.25) is 9.78 Å². The van der Waals surface area contributed by atoms with E-state index in [1.807, 2.05) is 6.92 Å². The molecule has 0 bridgehead atoms. The Balaban J connectivity index is 2.55. The molecule has 0 saturated carbocycles. The molecule has 2 N–H and O–H groups in total. The normalized spacial score (nSPS) is 11.1. The van der Waals surface area contributed by atoms with Crippen molar-refractivity contribution >= 4 is 21.6 Å². The van der Waals surface area contributed by atoms with Crippen LogP contribution >= 0.6 is 0 Å². The standard InChI is InChI=1S/C12H20N4O3S/c1-3-5-14-11-9-13-8-10(16-11)12(17)15-6-7-20(18,19)4-2/h8-9H,3-7H2,1-2H3,(H,14,16)(H,15,17). The summed E-state index contributed by atoms with van der Waals surface area (Å²) in [5.41, 5.74) is 0.167. The van der Waals surface area contributed by atoms with Crippen LogP contribution in [-0.4, -0.2) is 48.9 Å². The molecular formula is C12H20N4O3S. The summed E-state index contributed by atoms with van der Waals surface area (Å²) >= 11 is 0. The van der Waals surface area contributed by atoms with Gasteiger partial charge >= 0.3 is 0 Å². The van der Waals surface area contributed by atoms with Gasteiger partial charge in [0.1, 0.15) is 11.5 Å². The van der Waals surface area contributed by atoms with Crippen molar-refractivity contribution in [3.63, 3.8) is 0 Å². The highest BCUT2D eigenvalue weighted by Crippen LogP contribution is 2.02. The molecule has 1 heterocycles. The van der Waals surface area contributed by atoms with Gasteiger partial charge in [-0.25, -0.2) is 13.4 Å². The molecule has 112 valence electrons. The first kappa shape index (κ1) is 16.4. The smallest absolute Gasteiger partial charge is 0.271 e. The minimum Gasteiger partial charge on any atom is -0.369 e. The summed E-state index contributed by atoms with van der Waals surface area (Å²) in [4.78, 5) is 19.8. The topological polar surface area (TPSA) is 101 Å². The summed E-state index contributed by atoms with van der Waals surface area (Å²) in [6.45, 7) is 4.41. The summed E-state index contributed by atoms with van der Waals surface area (Å²) in [6, 6.07) is 0. The van der Waals surface area contributed by atoms with Gasteiger partial charge in [0, 0.05) is 18.8 Å². The minimum absolute atomic E-state index is 0.0686. The second-order valence-corrected chi connectivity index (χ2v) is 6.68. The summed E-state index contributed by atoms with van der Waals surface area (Å²) in [6.07, 6.45) is 3.82. The number of nitrogens with one attached hydrogen (secondary N) is 2. The number of anilines is 1. The van der Waals surface area contributed by atoms with Crippen LogP contribution in [0.3, 0.4) is 0 Å². The van der Waals surface area contributed by atoms with Crippen LogP contribution in [0.2, 0.25) is 0 Å². The molecule has 0 aliphatic carbocycles. The average Bonchev–Trinajstić information content (AvgIpc) is 2.45. The Hall–Kier alpha value is -1.70. The Morgan fingerprint density at radius 2 is 2.00 bits per heavy atom. The predicted molar refractivity (Wildman–Crippen MR) is 77.5 cm³/mol. The van der Waals surface area contributed by atoms with Gasteiger partial charge in [0.15, 0.2) is 9.84 Å². The molecule has 1 rings (SSSR count). The third kappa shape index (κ3) is 5.52. The summed E-state index contributed by atoms with van der Waals surface area (Å²) in [5.74, 6) is 0.0971. The van der Waals surface area contributed by atoms with E-state index in [1.54, 1.807) is 6.92 Å². The van der Waals surface area contributed by atoms with E-state index in [4.69, 9.17) is 0 Å². The lowest BCUT2D eigenvalue weighted by molar-refractivity contribution is 0.0951. The zero-order valence-electron chi connectivity index (χ0n) is 11.7.